The maximum atomic E-state index is 12.3. The van der Waals surface area contributed by atoms with E-state index in [1.807, 2.05) is 5.10 Å². The Morgan fingerprint density at radius 1 is 1.46 bits per heavy atom. The number of nitrogens with one attached hydrogen (secondary N) is 1. The van der Waals surface area contributed by atoms with E-state index in [-0.39, 0.29) is 5.56 Å². The largest absolute Gasteiger partial charge is 0.433 e. The van der Waals surface area contributed by atoms with Gasteiger partial charge in [0.2, 0.25) is 0 Å². The molecule has 0 radical (unpaired) electrons. The molecular weight excluding hydrogens is 185 g/mol. The molecule has 72 valence electrons. The molecule has 2 rings (SSSR count). The summed E-state index contributed by atoms with van der Waals surface area (Å²) in [5.41, 5.74) is -2.37. The lowest BCUT2D eigenvalue weighted by Gasteiger charge is -2.10. The predicted molar refractivity (Wildman–Crippen MR) is 36.7 cm³/mol. The summed E-state index contributed by atoms with van der Waals surface area (Å²) in [5, 5.41) is 14.6. The molecule has 0 amide bonds. The number of rotatable bonds is 1. The molecule has 0 bridgehead atoms. The van der Waals surface area contributed by atoms with Gasteiger partial charge in [0.15, 0.2) is 0 Å². The predicted octanol–water partition coefficient (Wildman–Crippen LogP) is 1.41. The highest BCUT2D eigenvalue weighted by molar-refractivity contribution is 5.30. The van der Waals surface area contributed by atoms with Gasteiger partial charge in [-0.2, -0.15) is 18.3 Å². The molecule has 1 aromatic heterocycles. The molecule has 0 aromatic carbocycles. The van der Waals surface area contributed by atoms with Gasteiger partial charge < -0.3 is 5.11 Å². The van der Waals surface area contributed by atoms with Gasteiger partial charge in [0.1, 0.15) is 5.69 Å². The van der Waals surface area contributed by atoms with E-state index in [1.165, 1.54) is 0 Å². The second-order valence-electron chi connectivity index (χ2n) is 3.19. The van der Waals surface area contributed by atoms with E-state index in [0.29, 0.717) is 12.8 Å². The molecule has 6 heteroatoms. The van der Waals surface area contributed by atoms with Gasteiger partial charge in [-0.1, -0.05) is 0 Å². The van der Waals surface area contributed by atoms with Crippen molar-refractivity contribution in [3.05, 3.63) is 17.5 Å². The second-order valence-corrected chi connectivity index (χ2v) is 3.19. The number of nitrogens with zero attached hydrogens (tertiary/aromatic N) is 1. The Labute approximate surface area is 71.6 Å². The van der Waals surface area contributed by atoms with Crippen LogP contribution in [0.1, 0.15) is 24.1 Å². The van der Waals surface area contributed by atoms with E-state index in [1.54, 1.807) is 0 Å². The molecule has 0 unspecified atom stereocenters. The maximum Gasteiger partial charge on any atom is 0.433 e. The van der Waals surface area contributed by atoms with Crippen molar-refractivity contribution in [2.45, 2.75) is 24.6 Å². The summed E-state index contributed by atoms with van der Waals surface area (Å²) in [4.78, 5) is 0. The van der Waals surface area contributed by atoms with Crippen molar-refractivity contribution in [3.8, 4) is 0 Å². The van der Waals surface area contributed by atoms with E-state index in [4.69, 9.17) is 0 Å². The van der Waals surface area contributed by atoms with E-state index < -0.39 is 17.5 Å². The first kappa shape index (κ1) is 8.55. The summed E-state index contributed by atoms with van der Waals surface area (Å²) >= 11 is 0. The van der Waals surface area contributed by atoms with Gasteiger partial charge in [-0.15, -0.1) is 0 Å². The molecular formula is C7H7F3N2O. The normalized spacial score (nSPS) is 20.3. The third kappa shape index (κ3) is 1.31. The molecule has 1 aromatic rings. The van der Waals surface area contributed by atoms with Crippen molar-refractivity contribution in [3.63, 3.8) is 0 Å². The van der Waals surface area contributed by atoms with Gasteiger partial charge in [-0.25, -0.2) is 0 Å². The van der Waals surface area contributed by atoms with Crippen molar-refractivity contribution in [1.29, 1.82) is 0 Å². The van der Waals surface area contributed by atoms with Crippen molar-refractivity contribution in [2.75, 3.05) is 0 Å². The van der Waals surface area contributed by atoms with Gasteiger partial charge in [0.05, 0.1) is 11.8 Å². The molecule has 1 fully saturated rings. The quantitative estimate of drug-likeness (QED) is 0.706. The molecule has 2 N–H and O–H groups in total. The molecule has 1 saturated carbocycles. The van der Waals surface area contributed by atoms with Crippen LogP contribution in [-0.2, 0) is 11.8 Å². The Bertz CT molecular complexity index is 307. The highest BCUT2D eigenvalue weighted by atomic mass is 19.4. The van der Waals surface area contributed by atoms with Crippen LogP contribution in [0.15, 0.2) is 6.20 Å². The Morgan fingerprint density at radius 3 is 2.54 bits per heavy atom. The van der Waals surface area contributed by atoms with Crippen molar-refractivity contribution in [1.82, 2.24) is 10.2 Å². The summed E-state index contributed by atoms with van der Waals surface area (Å²) in [6.07, 6.45) is -2.69. The van der Waals surface area contributed by atoms with Gasteiger partial charge in [0, 0.05) is 5.56 Å². The average molecular weight is 192 g/mol. The second kappa shape index (κ2) is 2.25. The van der Waals surface area contributed by atoms with Crippen molar-refractivity contribution >= 4 is 0 Å². The summed E-state index contributed by atoms with van der Waals surface area (Å²) in [6, 6.07) is 0. The summed E-state index contributed by atoms with van der Waals surface area (Å²) in [7, 11) is 0. The SMILES string of the molecule is OC1(c2cn[nH]c2C(F)(F)F)CC1. The van der Waals surface area contributed by atoms with Crippen LogP contribution in [0.4, 0.5) is 13.2 Å². The van der Waals surface area contributed by atoms with E-state index in [2.05, 4.69) is 5.10 Å². The number of aromatic amines is 1. The van der Waals surface area contributed by atoms with Gasteiger partial charge in [-0.3, -0.25) is 5.10 Å². The molecule has 0 atom stereocenters. The van der Waals surface area contributed by atoms with E-state index in [9.17, 15) is 18.3 Å². The number of H-pyrrole nitrogens is 1. The summed E-state index contributed by atoms with van der Waals surface area (Å²) in [5.74, 6) is 0. The molecule has 0 aliphatic heterocycles. The van der Waals surface area contributed by atoms with Crippen molar-refractivity contribution in [2.24, 2.45) is 0 Å². The Balaban J connectivity index is 2.42. The molecule has 13 heavy (non-hydrogen) atoms. The Morgan fingerprint density at radius 2 is 2.08 bits per heavy atom. The van der Waals surface area contributed by atoms with Gasteiger partial charge in [0.25, 0.3) is 0 Å². The molecule has 3 nitrogen and oxygen atoms in total. The molecule has 1 heterocycles. The third-order valence-corrected chi connectivity index (χ3v) is 2.15. The standard InChI is InChI=1S/C7H7F3N2O/c8-7(9,10)5-4(3-11-12-5)6(13)1-2-6/h3,13H,1-2H2,(H,11,12). The number of aromatic nitrogens is 2. The number of halogens is 3. The molecule has 0 saturated heterocycles. The number of hydrogen-bond acceptors (Lipinski definition) is 2. The van der Waals surface area contributed by atoms with Crippen LogP contribution in [-0.4, -0.2) is 15.3 Å². The topological polar surface area (TPSA) is 48.9 Å². The molecule has 1 aliphatic rings. The van der Waals surface area contributed by atoms with Crippen LogP contribution in [0.3, 0.4) is 0 Å². The Hall–Kier alpha value is -1.04. The first-order valence-electron chi connectivity index (χ1n) is 3.77. The van der Waals surface area contributed by atoms with Crippen LogP contribution in [0.5, 0.6) is 0 Å². The zero-order chi connectivity index (χ0) is 9.69. The van der Waals surface area contributed by atoms with Crippen molar-refractivity contribution < 1.29 is 18.3 Å². The van der Waals surface area contributed by atoms with E-state index in [0.717, 1.165) is 6.20 Å². The Kier molecular flexibility index (Phi) is 1.48. The molecule has 0 spiro atoms. The molecule has 1 aliphatic carbocycles. The van der Waals surface area contributed by atoms with Crippen LogP contribution in [0.25, 0.3) is 0 Å². The first-order valence-corrected chi connectivity index (χ1v) is 3.77. The summed E-state index contributed by atoms with van der Waals surface area (Å²) < 4.78 is 36.8. The van der Waals surface area contributed by atoms with E-state index >= 15 is 0 Å². The van der Waals surface area contributed by atoms with Crippen LogP contribution >= 0.6 is 0 Å². The minimum absolute atomic E-state index is 0.139. The minimum Gasteiger partial charge on any atom is -0.385 e. The average Bonchev–Trinajstić information content (AvgIpc) is 2.60. The first-order chi connectivity index (χ1) is 5.93. The highest BCUT2D eigenvalue weighted by Gasteiger charge is 2.49. The summed E-state index contributed by atoms with van der Waals surface area (Å²) in [6.45, 7) is 0. The van der Waals surface area contributed by atoms with Crippen LogP contribution < -0.4 is 0 Å². The lowest BCUT2D eigenvalue weighted by Crippen LogP contribution is -2.14. The fraction of sp³-hybridized carbons (Fsp3) is 0.571. The third-order valence-electron chi connectivity index (χ3n) is 2.15. The minimum atomic E-state index is -4.47. The maximum absolute atomic E-state index is 12.3. The lowest BCUT2D eigenvalue weighted by molar-refractivity contribution is -0.143. The van der Waals surface area contributed by atoms with Gasteiger partial charge in [-0.05, 0) is 12.8 Å². The number of hydrogen-bond donors (Lipinski definition) is 2. The lowest BCUT2D eigenvalue weighted by atomic mass is 10.1. The number of alkyl halides is 3. The fourth-order valence-electron chi connectivity index (χ4n) is 1.24. The van der Waals surface area contributed by atoms with Crippen LogP contribution in [0.2, 0.25) is 0 Å². The fourth-order valence-corrected chi connectivity index (χ4v) is 1.24. The van der Waals surface area contributed by atoms with Gasteiger partial charge >= 0.3 is 6.18 Å². The zero-order valence-corrected chi connectivity index (χ0v) is 6.52. The smallest absolute Gasteiger partial charge is 0.385 e. The monoisotopic (exact) mass is 192 g/mol. The number of aliphatic hydroxyl groups is 1. The van der Waals surface area contributed by atoms with Crippen LogP contribution in [0, 0.1) is 0 Å². The zero-order valence-electron chi connectivity index (χ0n) is 6.52. The highest BCUT2D eigenvalue weighted by Crippen LogP contribution is 2.48.